The number of hydrogen-bond acceptors (Lipinski definition) is 2. The number of hydrogen-bond donors (Lipinski definition) is 1. The van der Waals surface area contributed by atoms with Crippen molar-refractivity contribution in [1.29, 1.82) is 0 Å². The van der Waals surface area contributed by atoms with E-state index < -0.39 is 0 Å². The van der Waals surface area contributed by atoms with Crippen molar-refractivity contribution in [3.8, 4) is 0 Å². The van der Waals surface area contributed by atoms with Gasteiger partial charge in [0.1, 0.15) is 0 Å². The number of amides is 1. The Morgan fingerprint density at radius 1 is 1.29 bits per heavy atom. The summed E-state index contributed by atoms with van der Waals surface area (Å²) >= 11 is 6.18. The number of carbonyl (C=O) groups excluding carboxylic acids is 1. The molecule has 1 amide bonds. The quantitative estimate of drug-likeness (QED) is 0.927. The minimum atomic E-state index is 0.205. The second kappa shape index (κ2) is 6.37. The van der Waals surface area contributed by atoms with Gasteiger partial charge in [0.2, 0.25) is 5.91 Å². The summed E-state index contributed by atoms with van der Waals surface area (Å²) in [6, 6.07) is 9.25. The van der Waals surface area contributed by atoms with Gasteiger partial charge in [-0.1, -0.05) is 29.8 Å². The van der Waals surface area contributed by atoms with E-state index >= 15 is 0 Å². The maximum Gasteiger partial charge on any atom is 0.227 e. The minimum Gasteiger partial charge on any atom is -0.340 e. The molecule has 1 aromatic carbocycles. The third-order valence-electron chi connectivity index (χ3n) is 4.85. The molecule has 1 N–H and O–H groups in total. The van der Waals surface area contributed by atoms with E-state index in [1.807, 2.05) is 24.3 Å². The molecule has 2 unspecified atom stereocenters. The van der Waals surface area contributed by atoms with Crippen molar-refractivity contribution in [1.82, 2.24) is 10.2 Å². The molecule has 0 saturated carbocycles. The van der Waals surface area contributed by atoms with Gasteiger partial charge in [0, 0.05) is 29.7 Å². The lowest BCUT2D eigenvalue weighted by Crippen LogP contribution is -2.50. The maximum absolute atomic E-state index is 12.7. The molecule has 4 heteroatoms. The Bertz CT molecular complexity index is 507. The highest BCUT2D eigenvalue weighted by Gasteiger charge is 2.37. The Hall–Kier alpha value is -1.06. The molecule has 2 heterocycles. The van der Waals surface area contributed by atoms with E-state index in [-0.39, 0.29) is 5.91 Å². The number of nitrogens with zero attached hydrogens (tertiary/aromatic N) is 1. The first-order chi connectivity index (χ1) is 10.2. The van der Waals surface area contributed by atoms with Gasteiger partial charge in [-0.25, -0.2) is 0 Å². The summed E-state index contributed by atoms with van der Waals surface area (Å²) in [6.45, 7) is 2.86. The number of piperidine rings is 1. The van der Waals surface area contributed by atoms with Crippen LogP contribution < -0.4 is 5.32 Å². The third-order valence-corrected chi connectivity index (χ3v) is 5.22. The molecule has 2 aliphatic heterocycles. The van der Waals surface area contributed by atoms with Crippen molar-refractivity contribution in [2.45, 2.75) is 57.2 Å². The van der Waals surface area contributed by atoms with Gasteiger partial charge in [-0.05, 0) is 44.2 Å². The highest BCUT2D eigenvalue weighted by atomic mass is 35.5. The number of likely N-dealkylation sites (N-methyl/N-ethyl adjacent to an activating group) is 1. The van der Waals surface area contributed by atoms with E-state index in [1.165, 1.54) is 12.8 Å². The molecule has 0 aromatic heterocycles. The second-order valence-corrected chi connectivity index (χ2v) is 6.62. The molecule has 114 valence electrons. The topological polar surface area (TPSA) is 32.3 Å². The Balaban J connectivity index is 1.68. The molecule has 2 bridgehead atoms. The van der Waals surface area contributed by atoms with E-state index in [1.54, 1.807) is 0 Å². The van der Waals surface area contributed by atoms with Crippen LogP contribution in [0.2, 0.25) is 5.02 Å². The molecule has 0 spiro atoms. The molecule has 0 radical (unpaired) electrons. The minimum absolute atomic E-state index is 0.205. The van der Waals surface area contributed by atoms with Crippen LogP contribution >= 0.6 is 11.6 Å². The van der Waals surface area contributed by atoms with Crippen molar-refractivity contribution in [3.63, 3.8) is 0 Å². The summed E-state index contributed by atoms with van der Waals surface area (Å²) < 4.78 is 0. The van der Waals surface area contributed by atoms with E-state index in [0.29, 0.717) is 29.6 Å². The van der Waals surface area contributed by atoms with Gasteiger partial charge in [-0.2, -0.15) is 0 Å². The fraction of sp³-hybridized carbons (Fsp3) is 0.588. The number of nitrogens with one attached hydrogen (secondary N) is 1. The zero-order valence-corrected chi connectivity index (χ0v) is 13.3. The van der Waals surface area contributed by atoms with E-state index in [0.717, 1.165) is 24.9 Å². The lowest BCUT2D eigenvalue weighted by molar-refractivity contribution is -0.133. The summed E-state index contributed by atoms with van der Waals surface area (Å²) in [5.41, 5.74) is 0.930. The molecular formula is C17H23ClN2O. The lowest BCUT2D eigenvalue weighted by Gasteiger charge is -2.37. The molecule has 3 rings (SSSR count). The Morgan fingerprint density at radius 3 is 2.57 bits per heavy atom. The fourth-order valence-electron chi connectivity index (χ4n) is 3.83. The fourth-order valence-corrected chi connectivity index (χ4v) is 4.03. The molecule has 2 atom stereocenters. The first-order valence-corrected chi connectivity index (χ1v) is 8.34. The van der Waals surface area contributed by atoms with Crippen LogP contribution in [0.25, 0.3) is 0 Å². The number of halogens is 1. The molecule has 21 heavy (non-hydrogen) atoms. The van der Waals surface area contributed by atoms with E-state index in [2.05, 4.69) is 17.1 Å². The largest absolute Gasteiger partial charge is 0.340 e. The molecule has 2 saturated heterocycles. The Labute approximate surface area is 131 Å². The molecule has 1 aromatic rings. The Kier molecular flexibility index (Phi) is 4.51. The zero-order chi connectivity index (χ0) is 14.8. The van der Waals surface area contributed by atoms with E-state index in [4.69, 9.17) is 11.6 Å². The van der Waals surface area contributed by atoms with Gasteiger partial charge < -0.3 is 10.2 Å². The van der Waals surface area contributed by atoms with Crippen molar-refractivity contribution in [2.75, 3.05) is 6.54 Å². The van der Waals surface area contributed by atoms with Crippen molar-refractivity contribution < 1.29 is 4.79 Å². The van der Waals surface area contributed by atoms with Crippen molar-refractivity contribution in [2.24, 2.45) is 0 Å². The number of carbonyl (C=O) groups is 1. The van der Waals surface area contributed by atoms with Crippen molar-refractivity contribution >= 4 is 17.5 Å². The van der Waals surface area contributed by atoms with Gasteiger partial charge in [0.05, 0.1) is 6.42 Å². The SMILES string of the molecule is CCN(C(=O)Cc1ccccc1Cl)C1CC2CCC(C1)N2. The highest BCUT2D eigenvalue weighted by molar-refractivity contribution is 6.31. The molecule has 2 aliphatic rings. The van der Waals surface area contributed by atoms with Gasteiger partial charge >= 0.3 is 0 Å². The van der Waals surface area contributed by atoms with E-state index in [9.17, 15) is 4.79 Å². The standard InChI is InChI=1S/C17H23ClN2O/c1-2-20(15-10-13-7-8-14(11-15)19-13)17(21)9-12-5-3-4-6-16(12)18/h3-6,13-15,19H,2,7-11H2,1H3. The predicted molar refractivity (Wildman–Crippen MR) is 85.5 cm³/mol. The number of benzene rings is 1. The molecule has 3 nitrogen and oxygen atoms in total. The van der Waals surface area contributed by atoms with Crippen LogP contribution in [-0.2, 0) is 11.2 Å². The third kappa shape index (κ3) is 3.24. The van der Waals surface area contributed by atoms with Crippen LogP contribution in [0.15, 0.2) is 24.3 Å². The van der Waals surface area contributed by atoms with Crippen LogP contribution in [0.3, 0.4) is 0 Å². The lowest BCUT2D eigenvalue weighted by atomic mass is 9.97. The monoisotopic (exact) mass is 306 g/mol. The summed E-state index contributed by atoms with van der Waals surface area (Å²) in [7, 11) is 0. The van der Waals surface area contributed by atoms with Crippen LogP contribution in [0, 0.1) is 0 Å². The van der Waals surface area contributed by atoms with Crippen LogP contribution in [0.1, 0.15) is 38.2 Å². The second-order valence-electron chi connectivity index (χ2n) is 6.21. The van der Waals surface area contributed by atoms with Gasteiger partial charge in [-0.15, -0.1) is 0 Å². The molecular weight excluding hydrogens is 284 g/mol. The maximum atomic E-state index is 12.7. The summed E-state index contributed by atoms with van der Waals surface area (Å²) in [6.07, 6.45) is 5.12. The average molecular weight is 307 g/mol. The summed E-state index contributed by atoms with van der Waals surface area (Å²) in [4.78, 5) is 14.7. The number of rotatable bonds is 4. The van der Waals surface area contributed by atoms with Crippen LogP contribution in [-0.4, -0.2) is 35.5 Å². The van der Waals surface area contributed by atoms with Gasteiger partial charge in [-0.3, -0.25) is 4.79 Å². The predicted octanol–water partition coefficient (Wildman–Crippen LogP) is 3.01. The highest BCUT2D eigenvalue weighted by Crippen LogP contribution is 2.30. The van der Waals surface area contributed by atoms with Gasteiger partial charge in [0.25, 0.3) is 0 Å². The smallest absolute Gasteiger partial charge is 0.227 e. The Morgan fingerprint density at radius 2 is 1.95 bits per heavy atom. The van der Waals surface area contributed by atoms with Crippen molar-refractivity contribution in [3.05, 3.63) is 34.9 Å². The summed E-state index contributed by atoms with van der Waals surface area (Å²) in [5.74, 6) is 0.205. The average Bonchev–Trinajstić information content (AvgIpc) is 2.81. The van der Waals surface area contributed by atoms with Crippen LogP contribution in [0.5, 0.6) is 0 Å². The normalized spacial score (nSPS) is 27.6. The number of fused-ring (bicyclic) bond motifs is 2. The molecule has 2 fully saturated rings. The summed E-state index contributed by atoms with van der Waals surface area (Å²) in [5, 5.41) is 4.33. The first kappa shape index (κ1) is 14.9. The molecule has 0 aliphatic carbocycles. The zero-order valence-electron chi connectivity index (χ0n) is 12.5. The van der Waals surface area contributed by atoms with Gasteiger partial charge in [0.15, 0.2) is 0 Å². The first-order valence-electron chi connectivity index (χ1n) is 7.96. The van der Waals surface area contributed by atoms with Crippen LogP contribution in [0.4, 0.5) is 0 Å².